The molecule has 0 amide bonds. The average Bonchev–Trinajstić information content (AvgIpc) is 2.46. The van der Waals surface area contributed by atoms with Gasteiger partial charge in [0.1, 0.15) is 0 Å². The van der Waals surface area contributed by atoms with Crippen LogP contribution in [0.4, 0.5) is 0 Å². The minimum Gasteiger partial charge on any atom is -0.481 e. The summed E-state index contributed by atoms with van der Waals surface area (Å²) in [6, 6.07) is 0. The largest absolute Gasteiger partial charge is 0.481 e. The van der Waals surface area contributed by atoms with Crippen molar-refractivity contribution in [2.45, 2.75) is 116 Å². The normalized spacial score (nSPS) is 10.4. The summed E-state index contributed by atoms with van der Waals surface area (Å²) in [6.07, 6.45) is 21.7. The molecule has 128 valence electrons. The van der Waals surface area contributed by atoms with E-state index in [4.69, 9.17) is 5.11 Å². The molecule has 0 atom stereocenters. The fraction of sp³-hybridized carbons (Fsp3) is 0.947. The molecule has 0 aliphatic rings. The summed E-state index contributed by atoms with van der Waals surface area (Å²) in [7, 11) is 0. The van der Waals surface area contributed by atoms with Crippen molar-refractivity contribution < 1.29 is 9.90 Å². The maximum absolute atomic E-state index is 10.3. The molecular weight excluding hydrogens is 300 g/mol. The van der Waals surface area contributed by atoms with E-state index >= 15 is 0 Å². The second-order valence-electron chi connectivity index (χ2n) is 6.45. The minimum absolute atomic E-state index is 0. The Morgan fingerprint density at radius 2 is 0.864 bits per heavy atom. The quantitative estimate of drug-likeness (QED) is 0.248. The van der Waals surface area contributed by atoms with Crippen LogP contribution in [0.5, 0.6) is 0 Å². The molecule has 0 saturated carbocycles. The Bertz CT molecular complexity index is 219. The Morgan fingerprint density at radius 1 is 0.591 bits per heavy atom. The van der Waals surface area contributed by atoms with Crippen LogP contribution in [0.2, 0.25) is 0 Å². The molecule has 0 heterocycles. The standard InChI is InChI=1S/C19H38O2.Ca/c1-2-3-4-5-6-7-8-9-10-11-12-13-14-15-16-17-18-19(20)21;/h2-18H2,1H3,(H,20,21);. The second-order valence-corrected chi connectivity index (χ2v) is 6.45. The van der Waals surface area contributed by atoms with Gasteiger partial charge in [0.25, 0.3) is 0 Å². The van der Waals surface area contributed by atoms with Crippen LogP contribution in [0, 0.1) is 0 Å². The van der Waals surface area contributed by atoms with Gasteiger partial charge in [0, 0.05) is 44.2 Å². The third kappa shape index (κ3) is 23.0. The van der Waals surface area contributed by atoms with Gasteiger partial charge in [-0.25, -0.2) is 0 Å². The molecular formula is C19H38CaO2. The van der Waals surface area contributed by atoms with Crippen LogP contribution in [0.25, 0.3) is 0 Å². The fourth-order valence-electron chi connectivity index (χ4n) is 2.82. The van der Waals surface area contributed by atoms with E-state index in [1.165, 1.54) is 89.9 Å². The topological polar surface area (TPSA) is 37.3 Å². The molecule has 0 saturated heterocycles. The zero-order valence-electron chi connectivity index (χ0n) is 15.1. The van der Waals surface area contributed by atoms with Gasteiger partial charge in [-0.2, -0.15) is 0 Å². The third-order valence-electron chi connectivity index (χ3n) is 4.24. The van der Waals surface area contributed by atoms with Gasteiger partial charge >= 0.3 is 5.97 Å². The van der Waals surface area contributed by atoms with E-state index in [0.29, 0.717) is 6.42 Å². The monoisotopic (exact) mass is 338 g/mol. The van der Waals surface area contributed by atoms with Crippen molar-refractivity contribution in [3.05, 3.63) is 0 Å². The van der Waals surface area contributed by atoms with Crippen LogP contribution in [0.1, 0.15) is 116 Å². The Kier molecular flexibility index (Phi) is 24.7. The number of carboxylic acid groups (broad SMARTS) is 1. The third-order valence-corrected chi connectivity index (χ3v) is 4.24. The van der Waals surface area contributed by atoms with E-state index in [2.05, 4.69) is 6.92 Å². The number of carbonyl (C=O) groups is 1. The molecule has 0 rings (SSSR count). The molecule has 1 N–H and O–H groups in total. The van der Waals surface area contributed by atoms with E-state index in [1.54, 1.807) is 0 Å². The summed E-state index contributed by atoms with van der Waals surface area (Å²) in [5.41, 5.74) is 0. The number of unbranched alkanes of at least 4 members (excludes halogenated alkanes) is 15. The van der Waals surface area contributed by atoms with E-state index in [0.717, 1.165) is 12.8 Å². The molecule has 2 nitrogen and oxygen atoms in total. The maximum atomic E-state index is 10.3. The molecule has 3 heteroatoms. The first kappa shape index (κ1) is 25.0. The number of rotatable bonds is 17. The van der Waals surface area contributed by atoms with E-state index < -0.39 is 5.97 Å². The molecule has 22 heavy (non-hydrogen) atoms. The van der Waals surface area contributed by atoms with Gasteiger partial charge in [0.05, 0.1) is 0 Å². The summed E-state index contributed by atoms with van der Waals surface area (Å²) in [5, 5.41) is 8.53. The maximum Gasteiger partial charge on any atom is 0.303 e. The van der Waals surface area contributed by atoms with E-state index in [1.807, 2.05) is 0 Å². The van der Waals surface area contributed by atoms with Gasteiger partial charge in [0.15, 0.2) is 0 Å². The van der Waals surface area contributed by atoms with Crippen molar-refractivity contribution >= 4 is 43.7 Å². The van der Waals surface area contributed by atoms with Gasteiger partial charge in [-0.15, -0.1) is 0 Å². The number of hydrogen-bond donors (Lipinski definition) is 1. The summed E-state index contributed by atoms with van der Waals surface area (Å²) in [4.78, 5) is 10.3. The Hall–Kier alpha value is 0.730. The molecule has 0 aliphatic heterocycles. The molecule has 0 aromatic carbocycles. The summed E-state index contributed by atoms with van der Waals surface area (Å²) >= 11 is 0. The predicted octanol–water partition coefficient (Wildman–Crippen LogP) is 6.34. The Morgan fingerprint density at radius 3 is 1.14 bits per heavy atom. The summed E-state index contributed by atoms with van der Waals surface area (Å²) in [5.74, 6) is -0.652. The van der Waals surface area contributed by atoms with Crippen LogP contribution in [0.15, 0.2) is 0 Å². The smallest absolute Gasteiger partial charge is 0.303 e. The number of aliphatic carboxylic acids is 1. The van der Waals surface area contributed by atoms with Gasteiger partial charge in [-0.05, 0) is 6.42 Å². The molecule has 2 radical (unpaired) electrons. The SMILES string of the molecule is CCCCCCCCCCCCCCCCCCC(=O)O.[Ca]. The van der Waals surface area contributed by atoms with Gasteiger partial charge in [-0.1, -0.05) is 103 Å². The molecule has 0 aliphatic carbocycles. The number of hydrogen-bond acceptors (Lipinski definition) is 1. The van der Waals surface area contributed by atoms with Gasteiger partial charge < -0.3 is 5.11 Å². The minimum atomic E-state index is -0.652. The molecule has 0 bridgehead atoms. The predicted molar refractivity (Wildman–Crippen MR) is 97.6 cm³/mol. The molecule has 0 aromatic rings. The average molecular weight is 339 g/mol. The van der Waals surface area contributed by atoms with Crippen molar-refractivity contribution in [2.75, 3.05) is 0 Å². The fourth-order valence-corrected chi connectivity index (χ4v) is 2.82. The van der Waals surface area contributed by atoms with Crippen LogP contribution in [0.3, 0.4) is 0 Å². The van der Waals surface area contributed by atoms with Crippen LogP contribution >= 0.6 is 0 Å². The first-order valence-corrected chi connectivity index (χ1v) is 9.49. The zero-order valence-corrected chi connectivity index (χ0v) is 17.3. The Balaban J connectivity index is 0. The van der Waals surface area contributed by atoms with Crippen molar-refractivity contribution in [3.63, 3.8) is 0 Å². The van der Waals surface area contributed by atoms with Crippen LogP contribution < -0.4 is 0 Å². The summed E-state index contributed by atoms with van der Waals surface area (Å²) < 4.78 is 0. The molecule has 0 spiro atoms. The van der Waals surface area contributed by atoms with Crippen molar-refractivity contribution in [1.82, 2.24) is 0 Å². The van der Waals surface area contributed by atoms with E-state index in [-0.39, 0.29) is 37.7 Å². The first-order chi connectivity index (χ1) is 10.3. The summed E-state index contributed by atoms with van der Waals surface area (Å²) in [6.45, 7) is 2.27. The van der Waals surface area contributed by atoms with E-state index in [9.17, 15) is 4.79 Å². The van der Waals surface area contributed by atoms with Crippen molar-refractivity contribution in [3.8, 4) is 0 Å². The molecule has 0 unspecified atom stereocenters. The second kappa shape index (κ2) is 21.7. The molecule has 0 aromatic heterocycles. The molecule has 0 fully saturated rings. The van der Waals surface area contributed by atoms with Crippen molar-refractivity contribution in [1.29, 1.82) is 0 Å². The zero-order chi connectivity index (χ0) is 15.6. The Labute approximate surface area is 168 Å². The van der Waals surface area contributed by atoms with Crippen LogP contribution in [-0.2, 0) is 4.79 Å². The van der Waals surface area contributed by atoms with Crippen molar-refractivity contribution in [2.24, 2.45) is 0 Å². The number of carboxylic acids is 1. The van der Waals surface area contributed by atoms with Gasteiger partial charge in [-0.3, -0.25) is 4.79 Å². The first-order valence-electron chi connectivity index (χ1n) is 9.49. The van der Waals surface area contributed by atoms with Crippen LogP contribution in [-0.4, -0.2) is 48.8 Å². The van der Waals surface area contributed by atoms with Gasteiger partial charge in [0.2, 0.25) is 0 Å².